The fourth-order valence-corrected chi connectivity index (χ4v) is 1.20. The zero-order valence-corrected chi connectivity index (χ0v) is 8.57. The second kappa shape index (κ2) is 5.85. The number of ketones is 1. The van der Waals surface area contributed by atoms with Gasteiger partial charge in [0.2, 0.25) is 0 Å². The number of carbonyl (C=O) groups is 2. The van der Waals surface area contributed by atoms with E-state index in [0.29, 0.717) is 6.42 Å². The van der Waals surface area contributed by atoms with Crippen LogP contribution in [0.1, 0.15) is 12.0 Å². The number of amides is 1. The molecule has 0 aliphatic rings. The predicted octanol–water partition coefficient (Wildman–Crippen LogP) is 1.59. The fourth-order valence-electron chi connectivity index (χ4n) is 1.20. The fraction of sp³-hybridized carbons (Fsp3) is 0.273. The first-order valence-electron chi connectivity index (χ1n) is 4.81. The number of rotatable bonds is 5. The molecule has 0 saturated heterocycles. The van der Waals surface area contributed by atoms with Crippen molar-refractivity contribution in [3.8, 4) is 0 Å². The van der Waals surface area contributed by atoms with Crippen molar-refractivity contribution in [1.29, 1.82) is 0 Å². The van der Waals surface area contributed by atoms with Crippen molar-refractivity contribution in [2.45, 2.75) is 12.8 Å². The summed E-state index contributed by atoms with van der Waals surface area (Å²) < 4.78 is 12.6. The summed E-state index contributed by atoms with van der Waals surface area (Å²) in [5.74, 6) is -0.505. The SMILES string of the molecule is O=C(CCc1ccc(F)cc1)CNC(=O)O. The summed E-state index contributed by atoms with van der Waals surface area (Å²) in [7, 11) is 0. The second-order valence-corrected chi connectivity index (χ2v) is 3.32. The van der Waals surface area contributed by atoms with Crippen LogP contribution in [0, 0.1) is 5.82 Å². The van der Waals surface area contributed by atoms with Crippen LogP contribution in [0.5, 0.6) is 0 Å². The van der Waals surface area contributed by atoms with Gasteiger partial charge in [0.05, 0.1) is 6.54 Å². The monoisotopic (exact) mass is 225 g/mol. The molecule has 86 valence electrons. The molecule has 0 saturated carbocycles. The molecule has 4 nitrogen and oxygen atoms in total. The van der Waals surface area contributed by atoms with Crippen LogP contribution in [0.25, 0.3) is 0 Å². The van der Waals surface area contributed by atoms with Crippen LogP contribution >= 0.6 is 0 Å². The summed E-state index contributed by atoms with van der Waals surface area (Å²) in [4.78, 5) is 21.3. The lowest BCUT2D eigenvalue weighted by Gasteiger charge is -2.01. The molecule has 1 aromatic rings. The normalized spacial score (nSPS) is 9.81. The lowest BCUT2D eigenvalue weighted by molar-refractivity contribution is -0.118. The molecule has 0 fully saturated rings. The lowest BCUT2D eigenvalue weighted by atomic mass is 10.1. The molecular formula is C11H12FNO3. The van der Waals surface area contributed by atoms with Crippen molar-refractivity contribution >= 4 is 11.9 Å². The van der Waals surface area contributed by atoms with Gasteiger partial charge in [0.1, 0.15) is 5.82 Å². The third kappa shape index (κ3) is 4.54. The van der Waals surface area contributed by atoms with E-state index < -0.39 is 6.09 Å². The first-order chi connectivity index (χ1) is 7.58. The molecular weight excluding hydrogens is 213 g/mol. The molecule has 0 spiro atoms. The number of aryl methyl sites for hydroxylation is 1. The summed E-state index contributed by atoms with van der Waals surface area (Å²) in [6, 6.07) is 5.87. The van der Waals surface area contributed by atoms with Gasteiger partial charge in [0.25, 0.3) is 0 Å². The molecule has 0 heterocycles. The molecule has 1 amide bonds. The van der Waals surface area contributed by atoms with E-state index in [9.17, 15) is 14.0 Å². The smallest absolute Gasteiger partial charge is 0.405 e. The Labute approximate surface area is 92.1 Å². The molecule has 0 radical (unpaired) electrons. The van der Waals surface area contributed by atoms with Crippen molar-refractivity contribution in [2.24, 2.45) is 0 Å². The Bertz CT molecular complexity index is 375. The Morgan fingerprint density at radius 2 is 1.88 bits per heavy atom. The number of Topliss-reactive ketones (excluding diaryl/α,β-unsaturated/α-hetero) is 1. The van der Waals surface area contributed by atoms with Gasteiger partial charge >= 0.3 is 6.09 Å². The second-order valence-electron chi connectivity index (χ2n) is 3.32. The first-order valence-corrected chi connectivity index (χ1v) is 4.81. The third-order valence-electron chi connectivity index (χ3n) is 2.04. The molecule has 5 heteroatoms. The van der Waals surface area contributed by atoms with Crippen molar-refractivity contribution in [3.63, 3.8) is 0 Å². The highest BCUT2D eigenvalue weighted by molar-refractivity contribution is 5.83. The Hall–Kier alpha value is -1.91. The summed E-state index contributed by atoms with van der Waals surface area (Å²) in [6.07, 6.45) is -0.484. The van der Waals surface area contributed by atoms with Crippen LogP contribution in [0.15, 0.2) is 24.3 Å². The molecule has 0 aromatic heterocycles. The minimum atomic E-state index is -1.21. The maximum Gasteiger partial charge on any atom is 0.405 e. The van der Waals surface area contributed by atoms with E-state index >= 15 is 0 Å². The summed E-state index contributed by atoms with van der Waals surface area (Å²) in [5.41, 5.74) is 0.852. The highest BCUT2D eigenvalue weighted by atomic mass is 19.1. The van der Waals surface area contributed by atoms with Gasteiger partial charge in [-0.3, -0.25) is 4.79 Å². The Morgan fingerprint density at radius 1 is 1.25 bits per heavy atom. The van der Waals surface area contributed by atoms with Crippen LogP contribution in [-0.4, -0.2) is 23.5 Å². The van der Waals surface area contributed by atoms with Gasteiger partial charge in [-0.2, -0.15) is 0 Å². The lowest BCUT2D eigenvalue weighted by Crippen LogP contribution is -2.27. The van der Waals surface area contributed by atoms with Crippen molar-refractivity contribution in [3.05, 3.63) is 35.6 Å². The average Bonchev–Trinajstić information content (AvgIpc) is 2.25. The summed E-state index contributed by atoms with van der Waals surface area (Å²) >= 11 is 0. The first kappa shape index (κ1) is 12.2. The van der Waals surface area contributed by atoms with E-state index in [-0.39, 0.29) is 24.6 Å². The van der Waals surface area contributed by atoms with Crippen molar-refractivity contribution in [2.75, 3.05) is 6.54 Å². The zero-order valence-electron chi connectivity index (χ0n) is 8.57. The van der Waals surface area contributed by atoms with Gasteiger partial charge in [0.15, 0.2) is 5.78 Å². The van der Waals surface area contributed by atoms with E-state index in [4.69, 9.17) is 5.11 Å². The summed E-state index contributed by atoms with van der Waals surface area (Å²) in [6.45, 7) is -0.184. The zero-order chi connectivity index (χ0) is 12.0. The van der Waals surface area contributed by atoms with Gasteiger partial charge in [-0.05, 0) is 24.1 Å². The van der Waals surface area contributed by atoms with Gasteiger partial charge < -0.3 is 10.4 Å². The highest BCUT2D eigenvalue weighted by Gasteiger charge is 2.04. The standard InChI is InChI=1S/C11H12FNO3/c12-9-4-1-8(2-5-9)3-6-10(14)7-13-11(15)16/h1-2,4-5,13H,3,6-7H2,(H,15,16). The number of benzene rings is 1. The molecule has 0 aliphatic heterocycles. The van der Waals surface area contributed by atoms with Crippen LogP contribution < -0.4 is 5.32 Å². The topological polar surface area (TPSA) is 66.4 Å². The minimum absolute atomic E-state index is 0.184. The highest BCUT2D eigenvalue weighted by Crippen LogP contribution is 2.05. The van der Waals surface area contributed by atoms with Gasteiger partial charge in [-0.1, -0.05) is 12.1 Å². The number of carboxylic acid groups (broad SMARTS) is 1. The van der Waals surface area contributed by atoms with Crippen LogP contribution in [0.2, 0.25) is 0 Å². The quantitative estimate of drug-likeness (QED) is 0.799. The molecule has 1 rings (SSSR count). The Balaban J connectivity index is 2.31. The van der Waals surface area contributed by atoms with E-state index in [1.807, 2.05) is 5.32 Å². The van der Waals surface area contributed by atoms with Gasteiger partial charge in [-0.15, -0.1) is 0 Å². The number of halogens is 1. The molecule has 16 heavy (non-hydrogen) atoms. The van der Waals surface area contributed by atoms with Crippen molar-refractivity contribution in [1.82, 2.24) is 5.32 Å². The van der Waals surface area contributed by atoms with Crippen molar-refractivity contribution < 1.29 is 19.1 Å². The molecule has 2 N–H and O–H groups in total. The molecule has 0 unspecified atom stereocenters. The Kier molecular flexibility index (Phi) is 4.44. The number of nitrogens with one attached hydrogen (secondary N) is 1. The molecule has 1 aromatic carbocycles. The average molecular weight is 225 g/mol. The maximum atomic E-state index is 12.6. The van der Waals surface area contributed by atoms with E-state index in [0.717, 1.165) is 5.56 Å². The maximum absolute atomic E-state index is 12.6. The summed E-state index contributed by atoms with van der Waals surface area (Å²) in [5, 5.41) is 10.3. The van der Waals surface area contributed by atoms with Gasteiger partial charge in [-0.25, -0.2) is 9.18 Å². The Morgan fingerprint density at radius 3 is 2.44 bits per heavy atom. The van der Waals surface area contributed by atoms with Crippen LogP contribution in [0.4, 0.5) is 9.18 Å². The predicted molar refractivity (Wildman–Crippen MR) is 55.8 cm³/mol. The number of hydrogen-bond donors (Lipinski definition) is 2. The largest absolute Gasteiger partial charge is 0.465 e. The minimum Gasteiger partial charge on any atom is -0.465 e. The molecule has 0 aliphatic carbocycles. The van der Waals surface area contributed by atoms with Gasteiger partial charge in [0, 0.05) is 6.42 Å². The number of carbonyl (C=O) groups excluding carboxylic acids is 1. The van der Waals surface area contributed by atoms with E-state index in [2.05, 4.69) is 0 Å². The van der Waals surface area contributed by atoms with Crippen LogP contribution in [0.3, 0.4) is 0 Å². The third-order valence-corrected chi connectivity index (χ3v) is 2.04. The number of hydrogen-bond acceptors (Lipinski definition) is 2. The van der Waals surface area contributed by atoms with E-state index in [1.165, 1.54) is 12.1 Å². The molecule has 0 atom stereocenters. The van der Waals surface area contributed by atoms with E-state index in [1.54, 1.807) is 12.1 Å². The molecule has 0 bridgehead atoms. The van der Waals surface area contributed by atoms with Crippen LogP contribution in [-0.2, 0) is 11.2 Å².